The van der Waals surface area contributed by atoms with Gasteiger partial charge < -0.3 is 24.7 Å². The van der Waals surface area contributed by atoms with Crippen LogP contribution >= 0.6 is 0 Å². The van der Waals surface area contributed by atoms with E-state index in [2.05, 4.69) is 9.97 Å². The van der Waals surface area contributed by atoms with Crippen molar-refractivity contribution in [3.8, 4) is 0 Å². The van der Waals surface area contributed by atoms with Gasteiger partial charge in [0.05, 0.1) is 18.5 Å². The maximum absolute atomic E-state index is 11.1. The lowest BCUT2D eigenvalue weighted by molar-refractivity contribution is -0.0253. The number of aliphatic hydroxyl groups excluding tert-OH is 2. The van der Waals surface area contributed by atoms with E-state index in [1.54, 1.807) is 6.92 Å². The number of hydrogen-bond donors (Lipinski definition) is 3. The van der Waals surface area contributed by atoms with E-state index in [9.17, 15) is 9.90 Å². The number of hydrogen-bond acceptors (Lipinski definition) is 6. The third-order valence-electron chi connectivity index (χ3n) is 3.07. The SMILES string of the molecule is CO[C@H]1C(O)[C@@H](CO)O[C@H]1c1ncc(=O)[nH]c1C. The first-order chi connectivity index (χ1) is 8.58. The molecular formula is C11H16N2O5. The fraction of sp³-hybridized carbons (Fsp3) is 0.636. The van der Waals surface area contributed by atoms with Gasteiger partial charge in [0, 0.05) is 12.8 Å². The molecule has 7 heteroatoms. The molecule has 1 fully saturated rings. The summed E-state index contributed by atoms with van der Waals surface area (Å²) in [6.45, 7) is 1.39. The first-order valence-corrected chi connectivity index (χ1v) is 5.61. The van der Waals surface area contributed by atoms with Crippen molar-refractivity contribution in [3.05, 3.63) is 27.9 Å². The third kappa shape index (κ3) is 2.17. The zero-order valence-corrected chi connectivity index (χ0v) is 10.2. The molecule has 0 radical (unpaired) electrons. The second kappa shape index (κ2) is 5.15. The average Bonchev–Trinajstić information content (AvgIpc) is 2.65. The summed E-state index contributed by atoms with van der Waals surface area (Å²) in [5, 5.41) is 19.0. The van der Waals surface area contributed by atoms with E-state index < -0.39 is 24.4 Å². The topological polar surface area (TPSA) is 105 Å². The predicted molar refractivity (Wildman–Crippen MR) is 61.1 cm³/mol. The number of ether oxygens (including phenoxy) is 2. The maximum Gasteiger partial charge on any atom is 0.266 e. The first-order valence-electron chi connectivity index (χ1n) is 5.61. The normalized spacial score (nSPS) is 31.8. The number of nitrogens with zero attached hydrogens (tertiary/aromatic N) is 1. The summed E-state index contributed by atoms with van der Waals surface area (Å²) in [4.78, 5) is 17.7. The van der Waals surface area contributed by atoms with Gasteiger partial charge in [-0.05, 0) is 6.92 Å². The molecule has 0 spiro atoms. The Bertz CT molecular complexity index is 475. The summed E-state index contributed by atoms with van der Waals surface area (Å²) >= 11 is 0. The molecule has 0 aromatic carbocycles. The Morgan fingerprint density at radius 3 is 2.89 bits per heavy atom. The fourth-order valence-electron chi connectivity index (χ4n) is 2.16. The van der Waals surface area contributed by atoms with E-state index in [1.807, 2.05) is 0 Å². The van der Waals surface area contributed by atoms with Crippen molar-refractivity contribution in [1.29, 1.82) is 0 Å². The summed E-state index contributed by atoms with van der Waals surface area (Å²) in [6, 6.07) is 0. The van der Waals surface area contributed by atoms with Crippen LogP contribution in [0.25, 0.3) is 0 Å². The largest absolute Gasteiger partial charge is 0.394 e. The Labute approximate surface area is 103 Å². The third-order valence-corrected chi connectivity index (χ3v) is 3.07. The number of aryl methyl sites for hydroxylation is 1. The van der Waals surface area contributed by atoms with E-state index in [0.717, 1.165) is 6.20 Å². The van der Waals surface area contributed by atoms with E-state index in [4.69, 9.17) is 14.6 Å². The molecule has 1 aromatic rings. The quantitative estimate of drug-likeness (QED) is 0.633. The summed E-state index contributed by atoms with van der Waals surface area (Å²) < 4.78 is 10.7. The molecular weight excluding hydrogens is 240 g/mol. The van der Waals surface area contributed by atoms with Gasteiger partial charge in [0.2, 0.25) is 0 Å². The smallest absolute Gasteiger partial charge is 0.266 e. The van der Waals surface area contributed by atoms with Gasteiger partial charge in [-0.1, -0.05) is 0 Å². The van der Waals surface area contributed by atoms with Crippen molar-refractivity contribution in [3.63, 3.8) is 0 Å². The van der Waals surface area contributed by atoms with Crippen LogP contribution in [0.5, 0.6) is 0 Å². The highest BCUT2D eigenvalue weighted by Crippen LogP contribution is 2.34. The summed E-state index contributed by atoms with van der Waals surface area (Å²) in [5.74, 6) is 0. The lowest BCUT2D eigenvalue weighted by atomic mass is 10.0. The Balaban J connectivity index is 2.34. The van der Waals surface area contributed by atoms with Crippen LogP contribution in [0.1, 0.15) is 17.5 Å². The molecule has 3 N–H and O–H groups in total. The van der Waals surface area contributed by atoms with Crippen LogP contribution in [0, 0.1) is 6.92 Å². The van der Waals surface area contributed by atoms with Crippen LogP contribution in [-0.2, 0) is 9.47 Å². The number of rotatable bonds is 3. The highest BCUT2D eigenvalue weighted by Gasteiger charge is 2.45. The van der Waals surface area contributed by atoms with Gasteiger partial charge in [-0.15, -0.1) is 0 Å². The summed E-state index contributed by atoms with van der Waals surface area (Å²) in [5.41, 5.74) is 0.749. The zero-order chi connectivity index (χ0) is 13.3. The highest BCUT2D eigenvalue weighted by molar-refractivity contribution is 5.16. The minimum atomic E-state index is -0.932. The number of aromatic nitrogens is 2. The second-order valence-electron chi connectivity index (χ2n) is 4.23. The lowest BCUT2D eigenvalue weighted by Crippen LogP contribution is -2.34. The monoisotopic (exact) mass is 256 g/mol. The molecule has 18 heavy (non-hydrogen) atoms. The molecule has 100 valence electrons. The van der Waals surface area contributed by atoms with E-state index in [1.165, 1.54) is 7.11 Å². The molecule has 0 saturated carbocycles. The summed E-state index contributed by atoms with van der Waals surface area (Å²) in [7, 11) is 1.45. The molecule has 2 heterocycles. The van der Waals surface area contributed by atoms with Gasteiger partial charge in [-0.3, -0.25) is 9.78 Å². The molecule has 4 atom stereocenters. The number of methoxy groups -OCH3 is 1. The Hall–Kier alpha value is -1.28. The minimum Gasteiger partial charge on any atom is -0.394 e. The first kappa shape index (κ1) is 13.2. The van der Waals surface area contributed by atoms with E-state index >= 15 is 0 Å². The average molecular weight is 256 g/mol. The molecule has 1 saturated heterocycles. The number of aromatic amines is 1. The van der Waals surface area contributed by atoms with Gasteiger partial charge in [0.15, 0.2) is 0 Å². The van der Waals surface area contributed by atoms with Crippen LogP contribution in [0.3, 0.4) is 0 Å². The van der Waals surface area contributed by atoms with Gasteiger partial charge in [0.25, 0.3) is 5.56 Å². The number of nitrogens with one attached hydrogen (secondary N) is 1. The van der Waals surface area contributed by atoms with Crippen LogP contribution < -0.4 is 5.56 Å². The van der Waals surface area contributed by atoms with Crippen LogP contribution in [0.15, 0.2) is 11.0 Å². The van der Waals surface area contributed by atoms with E-state index in [-0.39, 0.29) is 12.2 Å². The van der Waals surface area contributed by atoms with Crippen molar-refractivity contribution in [1.82, 2.24) is 9.97 Å². The molecule has 0 amide bonds. The fourth-order valence-corrected chi connectivity index (χ4v) is 2.16. The molecule has 0 bridgehead atoms. The maximum atomic E-state index is 11.1. The van der Waals surface area contributed by atoms with Gasteiger partial charge in [0.1, 0.15) is 24.4 Å². The molecule has 2 rings (SSSR count). The van der Waals surface area contributed by atoms with Crippen molar-refractivity contribution >= 4 is 0 Å². The Morgan fingerprint density at radius 2 is 2.33 bits per heavy atom. The summed E-state index contributed by atoms with van der Waals surface area (Å²) in [6.07, 6.45) is -1.73. The lowest BCUT2D eigenvalue weighted by Gasteiger charge is -2.19. The van der Waals surface area contributed by atoms with Crippen LogP contribution in [0.2, 0.25) is 0 Å². The Kier molecular flexibility index (Phi) is 3.76. The van der Waals surface area contributed by atoms with Crippen molar-refractivity contribution in [2.75, 3.05) is 13.7 Å². The molecule has 0 aliphatic carbocycles. The molecule has 7 nitrogen and oxygen atoms in total. The zero-order valence-electron chi connectivity index (χ0n) is 10.2. The minimum absolute atomic E-state index is 0.303. The van der Waals surface area contributed by atoms with E-state index in [0.29, 0.717) is 11.4 Å². The van der Waals surface area contributed by atoms with Crippen LogP contribution in [0.4, 0.5) is 0 Å². The van der Waals surface area contributed by atoms with Crippen molar-refractivity contribution in [2.24, 2.45) is 0 Å². The molecule has 1 aliphatic heterocycles. The second-order valence-corrected chi connectivity index (χ2v) is 4.23. The highest BCUT2D eigenvalue weighted by atomic mass is 16.6. The van der Waals surface area contributed by atoms with Gasteiger partial charge in [-0.2, -0.15) is 0 Å². The Morgan fingerprint density at radius 1 is 1.61 bits per heavy atom. The van der Waals surface area contributed by atoms with Crippen LogP contribution in [-0.4, -0.2) is 52.2 Å². The van der Waals surface area contributed by atoms with Crippen molar-refractivity contribution in [2.45, 2.75) is 31.3 Å². The predicted octanol–water partition coefficient (Wildman–Crippen LogP) is -1.11. The van der Waals surface area contributed by atoms with Gasteiger partial charge in [-0.25, -0.2) is 0 Å². The number of aliphatic hydroxyl groups is 2. The standard InChI is InChI=1S/C11H16N2O5/c1-5-8(12-3-7(15)13-5)10-11(17-2)9(16)6(4-14)18-10/h3,6,9-11,14,16H,4H2,1-2H3,(H,13,15)/t6-,9?,10+,11+/m1/s1. The number of H-pyrrole nitrogens is 1. The molecule has 1 aromatic heterocycles. The molecule has 1 unspecified atom stereocenters. The van der Waals surface area contributed by atoms with Crippen molar-refractivity contribution < 1.29 is 19.7 Å². The van der Waals surface area contributed by atoms with Gasteiger partial charge >= 0.3 is 0 Å². The molecule has 1 aliphatic rings.